The van der Waals surface area contributed by atoms with Crippen molar-refractivity contribution in [2.75, 3.05) is 44.2 Å². The van der Waals surface area contributed by atoms with Crippen molar-refractivity contribution < 1.29 is 14.1 Å². The molecule has 2 heterocycles. The average Bonchev–Trinajstić information content (AvgIpc) is 3.23. The first kappa shape index (κ1) is 21.8. The third-order valence-electron chi connectivity index (χ3n) is 5.51. The van der Waals surface area contributed by atoms with Crippen molar-refractivity contribution in [1.82, 2.24) is 20.4 Å². The molecule has 8 heteroatoms. The van der Waals surface area contributed by atoms with Crippen molar-refractivity contribution in [3.63, 3.8) is 0 Å². The molecule has 1 N–H and O–H groups in total. The van der Waals surface area contributed by atoms with Crippen LogP contribution in [0, 0.1) is 13.8 Å². The molecule has 8 nitrogen and oxygen atoms in total. The van der Waals surface area contributed by atoms with E-state index < -0.39 is 0 Å². The van der Waals surface area contributed by atoms with Gasteiger partial charge in [0.05, 0.1) is 0 Å². The summed E-state index contributed by atoms with van der Waals surface area (Å²) in [6.07, 6.45) is 0. The van der Waals surface area contributed by atoms with Gasteiger partial charge in [-0.15, -0.1) is 0 Å². The summed E-state index contributed by atoms with van der Waals surface area (Å²) in [5.74, 6) is 1.56. The summed E-state index contributed by atoms with van der Waals surface area (Å²) in [6, 6.07) is 15.7. The Morgan fingerprint density at radius 2 is 1.88 bits per heavy atom. The first-order valence-electron chi connectivity index (χ1n) is 10.9. The molecule has 2 aromatic carbocycles. The summed E-state index contributed by atoms with van der Waals surface area (Å²) in [5, 5.41) is 6.80. The molecule has 0 unspecified atom stereocenters. The molecule has 0 saturated carbocycles. The number of anilines is 1. The normalized spacial score (nSPS) is 14.4. The van der Waals surface area contributed by atoms with Gasteiger partial charge in [0, 0.05) is 57.4 Å². The monoisotopic (exact) mass is 435 g/mol. The average molecular weight is 436 g/mol. The van der Waals surface area contributed by atoms with Gasteiger partial charge in [0.1, 0.15) is 5.75 Å². The molecular formula is C24H29N5O3. The molecule has 1 amide bonds. The molecule has 0 aliphatic carbocycles. The Morgan fingerprint density at radius 1 is 1.09 bits per heavy atom. The zero-order chi connectivity index (χ0) is 22.3. The highest BCUT2D eigenvalue weighted by atomic mass is 16.5. The number of nitrogens with zero attached hydrogens (tertiary/aromatic N) is 4. The number of aryl methyl sites for hydroxylation is 2. The Balaban J connectivity index is 1.16. The number of benzene rings is 2. The molecule has 168 valence electrons. The lowest BCUT2D eigenvalue weighted by Gasteiger charge is -2.36. The van der Waals surface area contributed by atoms with E-state index in [1.807, 2.05) is 0 Å². The van der Waals surface area contributed by atoms with E-state index in [0.29, 0.717) is 29.6 Å². The van der Waals surface area contributed by atoms with Gasteiger partial charge < -0.3 is 19.5 Å². The SMILES string of the molecule is Cc1cccc(N2CCN(CCNC(=O)c3ccc(OCc4noc(C)n4)cc3)CC2)c1. The van der Waals surface area contributed by atoms with Crippen LogP contribution in [0.25, 0.3) is 0 Å². The number of carbonyl (C=O) groups excluding carboxylic acids is 1. The lowest BCUT2D eigenvalue weighted by molar-refractivity contribution is 0.0947. The number of carbonyl (C=O) groups is 1. The third kappa shape index (κ3) is 5.85. The predicted molar refractivity (Wildman–Crippen MR) is 122 cm³/mol. The van der Waals surface area contributed by atoms with Gasteiger partial charge in [-0.2, -0.15) is 4.98 Å². The molecular weight excluding hydrogens is 406 g/mol. The molecule has 1 aliphatic heterocycles. The molecule has 0 radical (unpaired) electrons. The minimum absolute atomic E-state index is 0.0799. The van der Waals surface area contributed by atoms with Gasteiger partial charge in [0.15, 0.2) is 6.61 Å². The van der Waals surface area contributed by atoms with Crippen LogP contribution in [0.5, 0.6) is 5.75 Å². The van der Waals surface area contributed by atoms with Crippen LogP contribution in [-0.4, -0.2) is 60.2 Å². The highest BCUT2D eigenvalue weighted by Crippen LogP contribution is 2.18. The fraction of sp³-hybridized carbons (Fsp3) is 0.375. The Kier molecular flexibility index (Phi) is 7.01. The Morgan fingerprint density at radius 3 is 2.56 bits per heavy atom. The molecule has 1 aliphatic rings. The second-order valence-corrected chi connectivity index (χ2v) is 7.97. The van der Waals surface area contributed by atoms with Crippen molar-refractivity contribution in [3.8, 4) is 5.75 Å². The summed E-state index contributed by atoms with van der Waals surface area (Å²) in [7, 11) is 0. The lowest BCUT2D eigenvalue weighted by atomic mass is 10.2. The minimum atomic E-state index is -0.0799. The number of hydrogen-bond acceptors (Lipinski definition) is 7. The number of amides is 1. The maximum absolute atomic E-state index is 12.4. The van der Waals surface area contributed by atoms with Crippen LogP contribution >= 0.6 is 0 Å². The van der Waals surface area contributed by atoms with Gasteiger partial charge >= 0.3 is 0 Å². The number of hydrogen-bond donors (Lipinski definition) is 1. The number of aromatic nitrogens is 2. The maximum atomic E-state index is 12.4. The van der Waals surface area contributed by atoms with Crippen LogP contribution < -0.4 is 15.0 Å². The van der Waals surface area contributed by atoms with Crippen LogP contribution in [0.1, 0.15) is 27.6 Å². The summed E-state index contributed by atoms with van der Waals surface area (Å²) in [5.41, 5.74) is 3.18. The zero-order valence-electron chi connectivity index (χ0n) is 18.6. The molecule has 32 heavy (non-hydrogen) atoms. The van der Waals surface area contributed by atoms with Gasteiger partial charge in [0.25, 0.3) is 5.91 Å². The number of rotatable bonds is 8. The maximum Gasteiger partial charge on any atom is 0.251 e. The highest BCUT2D eigenvalue weighted by Gasteiger charge is 2.17. The Hall–Kier alpha value is -3.39. The second kappa shape index (κ2) is 10.3. The summed E-state index contributed by atoms with van der Waals surface area (Å²) in [4.78, 5) is 21.3. The predicted octanol–water partition coefficient (Wildman–Crippen LogP) is 2.82. The molecule has 3 aromatic rings. The largest absolute Gasteiger partial charge is 0.485 e. The van der Waals surface area contributed by atoms with E-state index >= 15 is 0 Å². The van der Waals surface area contributed by atoms with Crippen molar-refractivity contribution in [2.45, 2.75) is 20.5 Å². The second-order valence-electron chi connectivity index (χ2n) is 7.97. The standard InChI is InChI=1S/C24H29N5O3/c1-18-4-3-5-21(16-18)29-14-12-28(13-15-29)11-10-25-24(30)20-6-8-22(9-7-20)31-17-23-26-19(2)32-27-23/h3-9,16H,10-15,17H2,1-2H3,(H,25,30). The van der Waals surface area contributed by atoms with Gasteiger partial charge in [-0.05, 0) is 48.9 Å². The van der Waals surface area contributed by atoms with Gasteiger partial charge in [-0.25, -0.2) is 0 Å². The summed E-state index contributed by atoms with van der Waals surface area (Å²) >= 11 is 0. The molecule has 4 rings (SSSR count). The molecule has 1 saturated heterocycles. The zero-order valence-corrected chi connectivity index (χ0v) is 18.6. The van der Waals surface area contributed by atoms with Crippen LogP contribution in [0.15, 0.2) is 53.1 Å². The third-order valence-corrected chi connectivity index (χ3v) is 5.51. The quantitative estimate of drug-likeness (QED) is 0.582. The van der Waals surface area contributed by atoms with Crippen LogP contribution in [0.2, 0.25) is 0 Å². The van der Waals surface area contributed by atoms with Gasteiger partial charge in [-0.3, -0.25) is 9.69 Å². The lowest BCUT2D eigenvalue weighted by Crippen LogP contribution is -2.48. The summed E-state index contributed by atoms with van der Waals surface area (Å²) < 4.78 is 10.5. The molecule has 1 fully saturated rings. The minimum Gasteiger partial charge on any atom is -0.485 e. The molecule has 0 atom stereocenters. The molecule has 1 aromatic heterocycles. The van der Waals surface area contributed by atoms with E-state index in [0.717, 1.165) is 32.7 Å². The van der Waals surface area contributed by atoms with Crippen LogP contribution in [0.4, 0.5) is 5.69 Å². The van der Waals surface area contributed by atoms with Crippen molar-refractivity contribution in [2.24, 2.45) is 0 Å². The van der Waals surface area contributed by atoms with Crippen molar-refractivity contribution in [1.29, 1.82) is 0 Å². The molecule has 0 spiro atoms. The van der Waals surface area contributed by atoms with E-state index in [9.17, 15) is 4.79 Å². The summed E-state index contributed by atoms with van der Waals surface area (Å²) in [6.45, 7) is 9.54. The van der Waals surface area contributed by atoms with E-state index in [2.05, 4.69) is 56.4 Å². The smallest absolute Gasteiger partial charge is 0.251 e. The first-order chi connectivity index (χ1) is 15.6. The highest BCUT2D eigenvalue weighted by molar-refractivity contribution is 5.94. The van der Waals surface area contributed by atoms with Gasteiger partial charge in [-0.1, -0.05) is 17.3 Å². The number of ether oxygens (including phenoxy) is 1. The Bertz CT molecular complexity index is 1030. The topological polar surface area (TPSA) is 83.7 Å². The fourth-order valence-electron chi connectivity index (χ4n) is 3.73. The van der Waals surface area contributed by atoms with E-state index in [1.165, 1.54) is 11.3 Å². The van der Waals surface area contributed by atoms with Crippen molar-refractivity contribution in [3.05, 3.63) is 71.4 Å². The Labute approximate surface area is 188 Å². The van der Waals surface area contributed by atoms with E-state index in [-0.39, 0.29) is 12.5 Å². The first-order valence-corrected chi connectivity index (χ1v) is 10.9. The van der Waals surface area contributed by atoms with E-state index in [4.69, 9.17) is 9.26 Å². The fourth-order valence-corrected chi connectivity index (χ4v) is 3.73. The number of piperazine rings is 1. The van der Waals surface area contributed by atoms with Crippen molar-refractivity contribution >= 4 is 11.6 Å². The van der Waals surface area contributed by atoms with Crippen LogP contribution in [0.3, 0.4) is 0 Å². The van der Waals surface area contributed by atoms with Gasteiger partial charge in [0.2, 0.25) is 11.7 Å². The molecule has 0 bridgehead atoms. The van der Waals surface area contributed by atoms with E-state index in [1.54, 1.807) is 31.2 Å². The van der Waals surface area contributed by atoms with Crippen LogP contribution in [-0.2, 0) is 6.61 Å². The number of nitrogens with one attached hydrogen (secondary N) is 1.